The van der Waals surface area contributed by atoms with E-state index in [9.17, 15) is 9.59 Å². The first-order chi connectivity index (χ1) is 13.5. The summed E-state index contributed by atoms with van der Waals surface area (Å²) >= 11 is 0. The minimum Gasteiger partial charge on any atom is -0.339 e. The van der Waals surface area contributed by atoms with Crippen molar-refractivity contribution in [2.75, 3.05) is 6.54 Å². The second kappa shape index (κ2) is 7.88. The maximum absolute atomic E-state index is 11.9. The number of fused-ring (bicyclic) bond motifs is 3. The third-order valence-electron chi connectivity index (χ3n) is 6.05. The van der Waals surface area contributed by atoms with Crippen molar-refractivity contribution in [2.45, 2.75) is 58.5 Å². The quantitative estimate of drug-likeness (QED) is 0.607. The topological polar surface area (TPSA) is 51.1 Å². The van der Waals surface area contributed by atoms with Crippen LogP contribution >= 0.6 is 0 Å². The maximum Gasteiger partial charge on any atom is 0.159 e. The standard InChI is InChI=1S/C24H28N2O2/c1-16(27)18-8-10-23-21(14-18)22-15-19(17(2)28)9-11-24(22)26(23)13-12-25-20-6-4-3-5-7-20/h8-11,14-15,20,25H,3-7,12-13H2,1-2H3. The van der Waals surface area contributed by atoms with Crippen molar-refractivity contribution in [3.63, 3.8) is 0 Å². The summed E-state index contributed by atoms with van der Waals surface area (Å²) in [6.45, 7) is 4.98. The molecule has 4 heteroatoms. The predicted octanol–water partition coefficient (Wildman–Crippen LogP) is 5.12. The van der Waals surface area contributed by atoms with E-state index < -0.39 is 0 Å². The van der Waals surface area contributed by atoms with Crippen LogP contribution in [0.4, 0.5) is 0 Å². The first kappa shape index (κ1) is 18.9. The van der Waals surface area contributed by atoms with Crippen molar-refractivity contribution in [2.24, 2.45) is 0 Å². The fraction of sp³-hybridized carbons (Fsp3) is 0.417. The molecular formula is C24H28N2O2. The van der Waals surface area contributed by atoms with Gasteiger partial charge in [-0.2, -0.15) is 0 Å². The van der Waals surface area contributed by atoms with Crippen molar-refractivity contribution in [1.82, 2.24) is 9.88 Å². The molecule has 0 saturated heterocycles. The Morgan fingerprint density at radius 2 is 1.43 bits per heavy atom. The Morgan fingerprint density at radius 1 is 0.893 bits per heavy atom. The number of benzene rings is 2. The number of nitrogens with zero attached hydrogens (tertiary/aromatic N) is 1. The van der Waals surface area contributed by atoms with Gasteiger partial charge in [0.2, 0.25) is 0 Å². The summed E-state index contributed by atoms with van der Waals surface area (Å²) in [5, 5.41) is 5.81. The minimum atomic E-state index is 0.0597. The smallest absolute Gasteiger partial charge is 0.159 e. The number of hydrogen-bond acceptors (Lipinski definition) is 3. The number of carbonyl (C=O) groups excluding carboxylic acids is 2. The molecular weight excluding hydrogens is 348 g/mol. The minimum absolute atomic E-state index is 0.0597. The molecule has 1 fully saturated rings. The van der Waals surface area contributed by atoms with Crippen LogP contribution in [0.1, 0.15) is 66.7 Å². The van der Waals surface area contributed by atoms with Gasteiger partial charge in [-0.3, -0.25) is 9.59 Å². The molecule has 146 valence electrons. The lowest BCUT2D eigenvalue weighted by Crippen LogP contribution is -2.33. The summed E-state index contributed by atoms with van der Waals surface area (Å²) in [7, 11) is 0. The molecule has 0 amide bonds. The lowest BCUT2D eigenvalue weighted by Gasteiger charge is -2.23. The van der Waals surface area contributed by atoms with Gasteiger partial charge in [0.05, 0.1) is 0 Å². The van der Waals surface area contributed by atoms with Gasteiger partial charge < -0.3 is 9.88 Å². The molecule has 28 heavy (non-hydrogen) atoms. The van der Waals surface area contributed by atoms with E-state index in [1.165, 1.54) is 32.1 Å². The summed E-state index contributed by atoms with van der Waals surface area (Å²) in [4.78, 5) is 23.8. The van der Waals surface area contributed by atoms with Crippen LogP contribution in [0.25, 0.3) is 21.8 Å². The van der Waals surface area contributed by atoms with Crippen molar-refractivity contribution >= 4 is 33.4 Å². The molecule has 1 heterocycles. The van der Waals surface area contributed by atoms with E-state index in [4.69, 9.17) is 0 Å². The Bertz CT molecular complexity index is 970. The fourth-order valence-corrected chi connectivity index (χ4v) is 4.47. The largest absolute Gasteiger partial charge is 0.339 e. The zero-order valence-electron chi connectivity index (χ0n) is 16.8. The number of rotatable bonds is 6. The number of aromatic nitrogens is 1. The monoisotopic (exact) mass is 376 g/mol. The van der Waals surface area contributed by atoms with Gasteiger partial charge in [0.25, 0.3) is 0 Å². The highest BCUT2D eigenvalue weighted by atomic mass is 16.1. The van der Waals surface area contributed by atoms with Crippen LogP contribution in [0.2, 0.25) is 0 Å². The van der Waals surface area contributed by atoms with Crippen molar-refractivity contribution in [3.8, 4) is 0 Å². The van der Waals surface area contributed by atoms with Crippen LogP contribution in [0.5, 0.6) is 0 Å². The Hall–Kier alpha value is -2.46. The first-order valence-corrected chi connectivity index (χ1v) is 10.4. The van der Waals surface area contributed by atoms with Gasteiger partial charge in [-0.05, 0) is 63.1 Å². The van der Waals surface area contributed by atoms with Gasteiger partial charge in [0.15, 0.2) is 11.6 Å². The molecule has 3 aromatic rings. The lowest BCUT2D eigenvalue weighted by molar-refractivity contribution is 0.100. The predicted molar refractivity (Wildman–Crippen MR) is 114 cm³/mol. The number of carbonyl (C=O) groups is 2. The Labute approximate surface area is 165 Å². The van der Waals surface area contributed by atoms with E-state index in [2.05, 4.69) is 9.88 Å². The van der Waals surface area contributed by atoms with Crippen molar-refractivity contribution in [3.05, 3.63) is 47.5 Å². The van der Waals surface area contributed by atoms with E-state index in [1.807, 2.05) is 36.4 Å². The molecule has 0 aliphatic heterocycles. The number of hydrogen-bond donors (Lipinski definition) is 1. The van der Waals surface area contributed by atoms with Crippen LogP contribution in [0, 0.1) is 0 Å². The third kappa shape index (κ3) is 3.61. The number of ketones is 2. The molecule has 1 aliphatic rings. The second-order valence-corrected chi connectivity index (χ2v) is 8.02. The van der Waals surface area contributed by atoms with Gasteiger partial charge in [0, 0.05) is 52.1 Å². The van der Waals surface area contributed by atoms with Gasteiger partial charge in [-0.25, -0.2) is 0 Å². The van der Waals surface area contributed by atoms with E-state index in [0.717, 1.165) is 34.9 Å². The van der Waals surface area contributed by atoms with E-state index >= 15 is 0 Å². The summed E-state index contributed by atoms with van der Waals surface area (Å²) in [6, 6.07) is 12.5. The SMILES string of the molecule is CC(=O)c1ccc2c(c1)c1cc(C(C)=O)ccc1n2CCNC1CCCCC1. The average Bonchev–Trinajstić information content (AvgIpc) is 3.01. The van der Waals surface area contributed by atoms with Crippen molar-refractivity contribution < 1.29 is 9.59 Å². The zero-order valence-corrected chi connectivity index (χ0v) is 16.8. The first-order valence-electron chi connectivity index (χ1n) is 10.4. The number of nitrogens with one attached hydrogen (secondary N) is 1. The molecule has 4 nitrogen and oxygen atoms in total. The Morgan fingerprint density at radius 3 is 1.93 bits per heavy atom. The molecule has 1 saturated carbocycles. The van der Waals surface area contributed by atoms with Gasteiger partial charge in [-0.1, -0.05) is 19.3 Å². The van der Waals surface area contributed by atoms with Gasteiger partial charge in [0.1, 0.15) is 0 Å². The highest BCUT2D eigenvalue weighted by molar-refractivity contribution is 6.12. The molecule has 0 bridgehead atoms. The maximum atomic E-state index is 11.9. The van der Waals surface area contributed by atoms with Gasteiger partial charge >= 0.3 is 0 Å². The molecule has 1 aromatic heterocycles. The summed E-state index contributed by atoms with van der Waals surface area (Å²) in [5.41, 5.74) is 3.65. The molecule has 4 rings (SSSR count). The Kier molecular flexibility index (Phi) is 5.31. The zero-order chi connectivity index (χ0) is 19.7. The normalized spacial score (nSPS) is 15.4. The van der Waals surface area contributed by atoms with E-state index in [1.54, 1.807) is 13.8 Å². The third-order valence-corrected chi connectivity index (χ3v) is 6.05. The number of Topliss-reactive ketones (excluding diaryl/α,β-unsaturated/α-hetero) is 2. The Balaban J connectivity index is 1.72. The van der Waals surface area contributed by atoms with Gasteiger partial charge in [-0.15, -0.1) is 0 Å². The molecule has 0 radical (unpaired) electrons. The van der Waals surface area contributed by atoms with E-state index in [-0.39, 0.29) is 11.6 Å². The highest BCUT2D eigenvalue weighted by Crippen LogP contribution is 2.31. The highest BCUT2D eigenvalue weighted by Gasteiger charge is 2.15. The molecule has 1 aliphatic carbocycles. The molecule has 1 N–H and O–H groups in total. The average molecular weight is 377 g/mol. The van der Waals surface area contributed by atoms with Crippen LogP contribution in [0.15, 0.2) is 36.4 Å². The molecule has 0 spiro atoms. The molecule has 0 atom stereocenters. The van der Waals surface area contributed by atoms with E-state index in [0.29, 0.717) is 17.2 Å². The second-order valence-electron chi connectivity index (χ2n) is 8.02. The van der Waals surface area contributed by atoms with Crippen LogP contribution in [-0.4, -0.2) is 28.7 Å². The van der Waals surface area contributed by atoms with Crippen LogP contribution in [0.3, 0.4) is 0 Å². The summed E-state index contributed by atoms with van der Waals surface area (Å²) in [5.74, 6) is 0.119. The summed E-state index contributed by atoms with van der Waals surface area (Å²) < 4.78 is 2.31. The van der Waals surface area contributed by atoms with Crippen molar-refractivity contribution in [1.29, 1.82) is 0 Å². The lowest BCUT2D eigenvalue weighted by atomic mass is 9.95. The molecule has 2 aromatic carbocycles. The summed E-state index contributed by atoms with van der Waals surface area (Å²) in [6.07, 6.45) is 6.57. The van der Waals surface area contributed by atoms with Crippen LogP contribution in [-0.2, 0) is 6.54 Å². The fourth-order valence-electron chi connectivity index (χ4n) is 4.47. The van der Waals surface area contributed by atoms with Crippen LogP contribution < -0.4 is 5.32 Å². The molecule has 0 unspecified atom stereocenters.